The molecule has 1 aliphatic heterocycles. The Morgan fingerprint density at radius 2 is 1.91 bits per heavy atom. The van der Waals surface area contributed by atoms with E-state index < -0.39 is 0 Å². The molecule has 0 bridgehead atoms. The van der Waals surface area contributed by atoms with Crippen molar-refractivity contribution in [3.63, 3.8) is 0 Å². The number of aromatic amines is 1. The molecule has 0 spiro atoms. The van der Waals surface area contributed by atoms with Crippen LogP contribution in [0.15, 0.2) is 54.9 Å². The second-order valence-electron chi connectivity index (χ2n) is 11.0. The summed E-state index contributed by atoms with van der Waals surface area (Å²) in [5.74, 6) is 0.397. The van der Waals surface area contributed by atoms with E-state index in [1.807, 2.05) is 24.3 Å². The molecule has 4 heterocycles. The molecule has 5 N–H and O–H groups in total. The molecular weight excluding hydrogens is 554 g/mol. The van der Waals surface area contributed by atoms with Gasteiger partial charge in [-0.2, -0.15) is 10.4 Å². The molecular formula is C33H37N9O2. The molecule has 1 saturated carbocycles. The Kier molecular flexibility index (Phi) is 10.3. The number of aromatic nitrogens is 4. The number of pyridine rings is 2. The average molecular weight is 592 g/mol. The summed E-state index contributed by atoms with van der Waals surface area (Å²) >= 11 is 0. The number of carbonyl (C=O) groups is 2. The number of hydrogen-bond donors (Lipinski definition) is 4. The third-order valence-electron chi connectivity index (χ3n) is 7.97. The first-order chi connectivity index (χ1) is 21.6. The van der Waals surface area contributed by atoms with Crippen LogP contribution >= 0.6 is 0 Å². The fraction of sp³-hybridized carbons (Fsp3) is 0.333. The SMILES string of the molecule is N#Cc1ccnc(NC(=O)c2ccc(-c3[nH]nc4c(/C=C/CCN5CCC5)cnc(N)c34)cc2)c1.O=CNC1CCCCC1. The number of amides is 2. The summed E-state index contributed by atoms with van der Waals surface area (Å²) in [5.41, 5.74) is 10.3. The minimum atomic E-state index is -0.319. The summed E-state index contributed by atoms with van der Waals surface area (Å²) in [5, 5.41) is 22.9. The predicted molar refractivity (Wildman–Crippen MR) is 171 cm³/mol. The third-order valence-corrected chi connectivity index (χ3v) is 7.97. The Morgan fingerprint density at radius 3 is 2.61 bits per heavy atom. The summed E-state index contributed by atoms with van der Waals surface area (Å²) in [7, 11) is 0. The van der Waals surface area contributed by atoms with Crippen LogP contribution in [0.1, 0.15) is 66.4 Å². The van der Waals surface area contributed by atoms with Gasteiger partial charge in [-0.1, -0.05) is 43.5 Å². The molecule has 11 heteroatoms. The summed E-state index contributed by atoms with van der Waals surface area (Å²) in [4.78, 5) is 33.5. The molecule has 226 valence electrons. The highest BCUT2D eigenvalue weighted by atomic mass is 16.1. The molecule has 11 nitrogen and oxygen atoms in total. The van der Waals surface area contributed by atoms with E-state index in [4.69, 9.17) is 11.0 Å². The zero-order valence-corrected chi connectivity index (χ0v) is 24.6. The van der Waals surface area contributed by atoms with Crippen LogP contribution in [-0.4, -0.2) is 63.1 Å². The quantitative estimate of drug-likeness (QED) is 0.200. The van der Waals surface area contributed by atoms with E-state index in [2.05, 4.69) is 41.8 Å². The van der Waals surface area contributed by atoms with Crippen molar-refractivity contribution in [3.05, 3.63) is 71.6 Å². The molecule has 1 aliphatic carbocycles. The molecule has 4 aromatic rings. The number of carbonyl (C=O) groups excluding carboxylic acids is 2. The normalized spacial score (nSPS) is 15.2. The monoisotopic (exact) mass is 591 g/mol. The van der Waals surface area contributed by atoms with E-state index >= 15 is 0 Å². The maximum Gasteiger partial charge on any atom is 0.256 e. The van der Waals surface area contributed by atoms with Gasteiger partial charge in [0, 0.05) is 41.7 Å². The number of hydrogen-bond acceptors (Lipinski definition) is 8. The van der Waals surface area contributed by atoms with Gasteiger partial charge >= 0.3 is 0 Å². The standard InChI is InChI=1S/C26H24N8O.C7H13NO/c27-15-17-9-10-29-21(14-17)31-26(35)19-7-5-18(6-8-19)23-22-24(33-32-23)20(16-30-25(22)28)4-1-2-11-34-12-3-13-34;9-6-8-7-4-2-1-3-5-7/h1,4-10,14,16H,2-3,11-13H2,(H2,28,30)(H,32,33)(H,29,31,35);6-7H,1-5H2,(H,8,9)/b4-1+;. The zero-order valence-electron chi connectivity index (χ0n) is 24.6. The molecule has 2 fully saturated rings. The van der Waals surface area contributed by atoms with Crippen LogP contribution in [0.4, 0.5) is 11.6 Å². The Labute approximate surface area is 256 Å². The molecule has 2 aliphatic rings. The lowest BCUT2D eigenvalue weighted by Gasteiger charge is -2.30. The highest BCUT2D eigenvalue weighted by Gasteiger charge is 2.16. The number of anilines is 2. The van der Waals surface area contributed by atoms with E-state index in [0.717, 1.165) is 47.1 Å². The Morgan fingerprint density at radius 1 is 1.11 bits per heavy atom. The minimum Gasteiger partial charge on any atom is -0.383 e. The lowest BCUT2D eigenvalue weighted by atomic mass is 9.96. The smallest absolute Gasteiger partial charge is 0.256 e. The third kappa shape index (κ3) is 7.65. The van der Waals surface area contributed by atoms with Gasteiger partial charge in [-0.15, -0.1) is 0 Å². The second-order valence-corrected chi connectivity index (χ2v) is 11.0. The zero-order chi connectivity index (χ0) is 30.7. The molecule has 1 aromatic carbocycles. The van der Waals surface area contributed by atoms with Gasteiger partial charge in [0.25, 0.3) is 5.91 Å². The van der Waals surface area contributed by atoms with Crippen LogP contribution in [0, 0.1) is 11.3 Å². The van der Waals surface area contributed by atoms with Crippen molar-refractivity contribution < 1.29 is 9.59 Å². The fourth-order valence-electron chi connectivity index (χ4n) is 5.38. The highest BCUT2D eigenvalue weighted by Crippen LogP contribution is 2.32. The van der Waals surface area contributed by atoms with E-state index in [0.29, 0.717) is 28.8 Å². The average Bonchev–Trinajstić information content (AvgIpc) is 3.49. The fourth-order valence-corrected chi connectivity index (χ4v) is 5.38. The molecule has 0 atom stereocenters. The molecule has 0 unspecified atom stereocenters. The first kappa shape index (κ1) is 30.4. The molecule has 6 rings (SSSR count). The first-order valence-corrected chi connectivity index (χ1v) is 15.0. The predicted octanol–water partition coefficient (Wildman–Crippen LogP) is 4.90. The Balaban J connectivity index is 0.000000367. The number of nitrogens with one attached hydrogen (secondary N) is 3. The molecule has 1 saturated heterocycles. The van der Waals surface area contributed by atoms with Crippen LogP contribution in [-0.2, 0) is 4.79 Å². The van der Waals surface area contributed by atoms with Gasteiger partial charge in [0.1, 0.15) is 17.2 Å². The Bertz CT molecular complexity index is 1650. The maximum absolute atomic E-state index is 12.6. The number of rotatable bonds is 9. The molecule has 3 aromatic heterocycles. The van der Waals surface area contributed by atoms with Crippen molar-refractivity contribution in [3.8, 4) is 17.3 Å². The number of likely N-dealkylation sites (tertiary alicyclic amines) is 1. The van der Waals surface area contributed by atoms with Gasteiger partial charge in [-0.3, -0.25) is 14.7 Å². The van der Waals surface area contributed by atoms with Gasteiger partial charge in [0.2, 0.25) is 6.41 Å². The van der Waals surface area contributed by atoms with E-state index in [1.165, 1.54) is 63.9 Å². The summed E-state index contributed by atoms with van der Waals surface area (Å²) in [6.45, 7) is 3.44. The van der Waals surface area contributed by atoms with Crippen LogP contribution in [0.2, 0.25) is 0 Å². The Hall–Kier alpha value is -5.08. The first-order valence-electron chi connectivity index (χ1n) is 15.0. The summed E-state index contributed by atoms with van der Waals surface area (Å²) in [6, 6.07) is 12.7. The van der Waals surface area contributed by atoms with Crippen molar-refractivity contribution in [1.82, 2.24) is 30.4 Å². The van der Waals surface area contributed by atoms with Crippen molar-refractivity contribution in [2.75, 3.05) is 30.7 Å². The number of benzene rings is 1. The van der Waals surface area contributed by atoms with Crippen LogP contribution in [0.25, 0.3) is 28.2 Å². The minimum absolute atomic E-state index is 0.319. The number of nitrogens with zero attached hydrogens (tertiary/aromatic N) is 5. The van der Waals surface area contributed by atoms with E-state index in [9.17, 15) is 9.59 Å². The second kappa shape index (κ2) is 14.9. The maximum atomic E-state index is 12.6. The summed E-state index contributed by atoms with van der Waals surface area (Å²) < 4.78 is 0. The molecule has 0 radical (unpaired) electrons. The lowest BCUT2D eigenvalue weighted by molar-refractivity contribution is -0.110. The highest BCUT2D eigenvalue weighted by molar-refractivity contribution is 6.05. The molecule has 2 amide bonds. The number of nitrogen functional groups attached to an aromatic ring is 1. The topological polar surface area (TPSA) is 166 Å². The van der Waals surface area contributed by atoms with Crippen molar-refractivity contribution in [2.45, 2.75) is 51.0 Å². The summed E-state index contributed by atoms with van der Waals surface area (Å²) in [6.07, 6.45) is 16.8. The van der Waals surface area contributed by atoms with Gasteiger partial charge in [0.15, 0.2) is 0 Å². The van der Waals surface area contributed by atoms with Gasteiger partial charge in [-0.05, 0) is 63.0 Å². The van der Waals surface area contributed by atoms with Gasteiger partial charge < -0.3 is 21.3 Å². The van der Waals surface area contributed by atoms with Crippen LogP contribution in [0.5, 0.6) is 0 Å². The van der Waals surface area contributed by atoms with E-state index in [-0.39, 0.29) is 5.91 Å². The van der Waals surface area contributed by atoms with E-state index in [1.54, 1.807) is 24.4 Å². The van der Waals surface area contributed by atoms with Crippen molar-refractivity contribution >= 4 is 40.9 Å². The van der Waals surface area contributed by atoms with Crippen molar-refractivity contribution in [2.24, 2.45) is 0 Å². The lowest BCUT2D eigenvalue weighted by Crippen LogP contribution is -2.37. The number of nitrogens with two attached hydrogens (primary N) is 1. The number of fused-ring (bicyclic) bond motifs is 1. The van der Waals surface area contributed by atoms with Crippen LogP contribution < -0.4 is 16.4 Å². The van der Waals surface area contributed by atoms with Crippen LogP contribution in [0.3, 0.4) is 0 Å². The van der Waals surface area contributed by atoms with Gasteiger partial charge in [-0.25, -0.2) is 9.97 Å². The largest absolute Gasteiger partial charge is 0.383 e. The van der Waals surface area contributed by atoms with Crippen molar-refractivity contribution in [1.29, 1.82) is 5.26 Å². The van der Waals surface area contributed by atoms with Gasteiger partial charge in [0.05, 0.1) is 22.7 Å². The number of nitriles is 1. The molecule has 44 heavy (non-hydrogen) atoms. The number of H-pyrrole nitrogens is 1.